The van der Waals surface area contributed by atoms with Crippen LogP contribution in [0.4, 0.5) is 4.79 Å². The molecule has 1 saturated carbocycles. The van der Waals surface area contributed by atoms with Gasteiger partial charge in [0.2, 0.25) is 0 Å². The first kappa shape index (κ1) is 12.4. The molecule has 17 heavy (non-hydrogen) atoms. The van der Waals surface area contributed by atoms with E-state index in [1.54, 1.807) is 0 Å². The lowest BCUT2D eigenvalue weighted by molar-refractivity contribution is -0.134. The fourth-order valence-electron chi connectivity index (χ4n) is 2.90. The Labute approximate surface area is 103 Å². The van der Waals surface area contributed by atoms with E-state index in [1.807, 2.05) is 20.8 Å². The number of imide groups is 1. The zero-order valence-corrected chi connectivity index (χ0v) is 11.0. The zero-order valence-electron chi connectivity index (χ0n) is 11.0. The second kappa shape index (κ2) is 4.00. The summed E-state index contributed by atoms with van der Waals surface area (Å²) >= 11 is 0. The zero-order chi connectivity index (χ0) is 12.7. The summed E-state index contributed by atoms with van der Waals surface area (Å²) in [5, 5.41) is 2.95. The van der Waals surface area contributed by atoms with Gasteiger partial charge >= 0.3 is 6.03 Å². The monoisotopic (exact) mass is 238 g/mol. The van der Waals surface area contributed by atoms with Gasteiger partial charge in [-0.05, 0) is 33.6 Å². The molecule has 0 unspecified atom stereocenters. The number of carbonyl (C=O) groups is 2. The summed E-state index contributed by atoms with van der Waals surface area (Å²) in [7, 11) is 0. The highest BCUT2D eigenvalue weighted by Gasteiger charge is 2.53. The van der Waals surface area contributed by atoms with Crippen LogP contribution in [0.25, 0.3) is 0 Å². The standard InChI is InChI=1S/C13H22N2O2/c1-12(2,3)15-10(16)13(14-11(15)17)8-6-4-5-7-9-13/h4-9H2,1-3H3,(H,14,17). The number of urea groups is 1. The van der Waals surface area contributed by atoms with Gasteiger partial charge in [0.25, 0.3) is 5.91 Å². The van der Waals surface area contributed by atoms with Gasteiger partial charge in [-0.25, -0.2) is 4.79 Å². The second-order valence-corrected chi connectivity index (χ2v) is 6.24. The molecular formula is C13H22N2O2. The van der Waals surface area contributed by atoms with Crippen LogP contribution < -0.4 is 5.32 Å². The minimum absolute atomic E-state index is 0.0168. The number of hydrogen-bond donors (Lipinski definition) is 1. The lowest BCUT2D eigenvalue weighted by atomic mass is 9.89. The minimum Gasteiger partial charge on any atom is -0.323 e. The van der Waals surface area contributed by atoms with E-state index in [9.17, 15) is 9.59 Å². The summed E-state index contributed by atoms with van der Waals surface area (Å²) in [6.07, 6.45) is 5.99. The van der Waals surface area contributed by atoms with Crippen molar-refractivity contribution in [2.45, 2.75) is 70.4 Å². The highest BCUT2D eigenvalue weighted by Crippen LogP contribution is 2.35. The number of amides is 3. The molecule has 96 valence electrons. The van der Waals surface area contributed by atoms with Crippen LogP contribution in [0.15, 0.2) is 0 Å². The molecule has 4 heteroatoms. The van der Waals surface area contributed by atoms with Crippen molar-refractivity contribution >= 4 is 11.9 Å². The third kappa shape index (κ3) is 2.05. The molecule has 3 amide bonds. The van der Waals surface area contributed by atoms with Crippen LogP contribution in [0.5, 0.6) is 0 Å². The molecule has 1 aliphatic carbocycles. The Morgan fingerprint density at radius 3 is 2.00 bits per heavy atom. The van der Waals surface area contributed by atoms with Crippen LogP contribution >= 0.6 is 0 Å². The average Bonchev–Trinajstić information content (AvgIpc) is 2.38. The SMILES string of the molecule is CC(C)(C)N1C(=O)NC2(CCCCCC2)C1=O. The van der Waals surface area contributed by atoms with Crippen molar-refractivity contribution in [1.82, 2.24) is 10.2 Å². The van der Waals surface area contributed by atoms with E-state index in [1.165, 1.54) is 17.7 Å². The molecule has 4 nitrogen and oxygen atoms in total. The van der Waals surface area contributed by atoms with Gasteiger partial charge in [-0.15, -0.1) is 0 Å². The van der Waals surface area contributed by atoms with E-state index >= 15 is 0 Å². The van der Waals surface area contributed by atoms with Gasteiger partial charge in [-0.1, -0.05) is 25.7 Å². The van der Waals surface area contributed by atoms with E-state index in [0.29, 0.717) is 0 Å². The Morgan fingerprint density at radius 2 is 1.59 bits per heavy atom. The number of hydrogen-bond acceptors (Lipinski definition) is 2. The van der Waals surface area contributed by atoms with Gasteiger partial charge in [0.1, 0.15) is 5.54 Å². The predicted octanol–water partition coefficient (Wildman–Crippen LogP) is 2.43. The van der Waals surface area contributed by atoms with E-state index in [0.717, 1.165) is 25.7 Å². The Hall–Kier alpha value is -1.06. The fourth-order valence-corrected chi connectivity index (χ4v) is 2.90. The molecule has 1 heterocycles. The van der Waals surface area contributed by atoms with Gasteiger partial charge in [-0.3, -0.25) is 9.69 Å². The second-order valence-electron chi connectivity index (χ2n) is 6.24. The van der Waals surface area contributed by atoms with Crippen LogP contribution in [0, 0.1) is 0 Å². The summed E-state index contributed by atoms with van der Waals surface area (Å²) in [5.74, 6) is -0.0168. The Bertz CT molecular complexity index is 336. The van der Waals surface area contributed by atoms with Crippen molar-refractivity contribution in [1.29, 1.82) is 0 Å². The van der Waals surface area contributed by atoms with Gasteiger partial charge in [0.05, 0.1) is 0 Å². The molecule has 0 aromatic rings. The van der Waals surface area contributed by atoms with Crippen molar-refractivity contribution in [2.24, 2.45) is 0 Å². The summed E-state index contributed by atoms with van der Waals surface area (Å²) in [5.41, 5.74) is -1.03. The first-order valence-electron chi connectivity index (χ1n) is 6.54. The lowest BCUT2D eigenvalue weighted by Gasteiger charge is -2.31. The Kier molecular flexibility index (Phi) is 2.92. The van der Waals surface area contributed by atoms with Gasteiger partial charge in [0.15, 0.2) is 0 Å². The molecule has 0 atom stereocenters. The van der Waals surface area contributed by atoms with Crippen LogP contribution in [-0.2, 0) is 4.79 Å². The van der Waals surface area contributed by atoms with Crippen molar-refractivity contribution in [3.8, 4) is 0 Å². The number of nitrogens with zero attached hydrogens (tertiary/aromatic N) is 1. The van der Waals surface area contributed by atoms with E-state index in [-0.39, 0.29) is 11.9 Å². The molecule has 1 saturated heterocycles. The van der Waals surface area contributed by atoms with E-state index in [2.05, 4.69) is 5.32 Å². The van der Waals surface area contributed by atoms with E-state index in [4.69, 9.17) is 0 Å². The third-order valence-electron chi connectivity index (χ3n) is 3.79. The van der Waals surface area contributed by atoms with Crippen molar-refractivity contribution in [3.05, 3.63) is 0 Å². The average molecular weight is 238 g/mol. The highest BCUT2D eigenvalue weighted by molar-refractivity contribution is 6.07. The number of rotatable bonds is 0. The topological polar surface area (TPSA) is 49.4 Å². The van der Waals surface area contributed by atoms with Gasteiger partial charge in [0, 0.05) is 5.54 Å². The normalized spacial score (nSPS) is 25.0. The smallest absolute Gasteiger partial charge is 0.323 e. The molecule has 2 rings (SSSR count). The fraction of sp³-hybridized carbons (Fsp3) is 0.846. The van der Waals surface area contributed by atoms with Crippen LogP contribution in [0.1, 0.15) is 59.3 Å². The lowest BCUT2D eigenvalue weighted by Crippen LogP contribution is -2.49. The molecule has 0 radical (unpaired) electrons. The van der Waals surface area contributed by atoms with Crippen LogP contribution in [0.2, 0.25) is 0 Å². The van der Waals surface area contributed by atoms with Gasteiger partial charge < -0.3 is 5.32 Å². The largest absolute Gasteiger partial charge is 0.325 e. The molecule has 1 N–H and O–H groups in total. The Balaban J connectivity index is 2.28. The van der Waals surface area contributed by atoms with E-state index < -0.39 is 11.1 Å². The maximum Gasteiger partial charge on any atom is 0.325 e. The van der Waals surface area contributed by atoms with Crippen molar-refractivity contribution in [3.63, 3.8) is 0 Å². The van der Waals surface area contributed by atoms with Crippen molar-refractivity contribution in [2.75, 3.05) is 0 Å². The maximum absolute atomic E-state index is 12.5. The molecule has 1 spiro atoms. The summed E-state index contributed by atoms with van der Waals surface area (Å²) in [4.78, 5) is 25.9. The summed E-state index contributed by atoms with van der Waals surface area (Å²) < 4.78 is 0. The maximum atomic E-state index is 12.5. The summed E-state index contributed by atoms with van der Waals surface area (Å²) in [6, 6.07) is -0.218. The molecule has 0 aromatic heterocycles. The first-order chi connectivity index (χ1) is 7.87. The quantitative estimate of drug-likeness (QED) is 0.659. The van der Waals surface area contributed by atoms with Crippen LogP contribution in [-0.4, -0.2) is 27.9 Å². The minimum atomic E-state index is -0.596. The summed E-state index contributed by atoms with van der Waals surface area (Å²) in [6.45, 7) is 5.71. The number of nitrogens with one attached hydrogen (secondary N) is 1. The number of carbonyl (C=O) groups excluding carboxylic acids is 2. The molecule has 1 aliphatic heterocycles. The first-order valence-corrected chi connectivity index (χ1v) is 6.54. The molecular weight excluding hydrogens is 216 g/mol. The van der Waals surface area contributed by atoms with Gasteiger partial charge in [-0.2, -0.15) is 0 Å². The molecule has 0 bridgehead atoms. The highest BCUT2D eigenvalue weighted by atomic mass is 16.2. The molecule has 0 aromatic carbocycles. The van der Waals surface area contributed by atoms with Crippen LogP contribution in [0.3, 0.4) is 0 Å². The predicted molar refractivity (Wildman–Crippen MR) is 65.6 cm³/mol. The molecule has 2 aliphatic rings. The Morgan fingerprint density at radius 1 is 1.06 bits per heavy atom. The van der Waals surface area contributed by atoms with Crippen molar-refractivity contribution < 1.29 is 9.59 Å². The molecule has 2 fully saturated rings. The third-order valence-corrected chi connectivity index (χ3v) is 3.79.